The molecule has 0 aromatic carbocycles. The monoisotopic (exact) mass is 316 g/mol. The van der Waals surface area contributed by atoms with E-state index in [4.69, 9.17) is 4.42 Å². The van der Waals surface area contributed by atoms with Crippen LogP contribution in [0.2, 0.25) is 0 Å². The van der Waals surface area contributed by atoms with Crippen molar-refractivity contribution in [1.82, 2.24) is 9.80 Å². The van der Waals surface area contributed by atoms with E-state index in [1.54, 1.807) is 17.6 Å². The fourth-order valence-electron chi connectivity index (χ4n) is 3.69. The van der Waals surface area contributed by atoms with E-state index in [1.807, 2.05) is 29.2 Å². The molecule has 2 aromatic rings. The van der Waals surface area contributed by atoms with Crippen molar-refractivity contribution in [2.24, 2.45) is 0 Å². The summed E-state index contributed by atoms with van der Waals surface area (Å²) in [5, 5.41) is 3.94. The number of carbonyl (C=O) groups is 1. The zero-order valence-electron chi connectivity index (χ0n) is 12.5. The van der Waals surface area contributed by atoms with Gasteiger partial charge in [0.05, 0.1) is 18.1 Å². The topological polar surface area (TPSA) is 36.7 Å². The molecule has 22 heavy (non-hydrogen) atoms. The quantitative estimate of drug-likeness (QED) is 0.872. The Morgan fingerprint density at radius 2 is 2.05 bits per heavy atom. The van der Waals surface area contributed by atoms with Crippen LogP contribution in [0.5, 0.6) is 0 Å². The van der Waals surface area contributed by atoms with Crippen molar-refractivity contribution >= 4 is 17.2 Å². The number of furan rings is 1. The minimum Gasteiger partial charge on any atom is -0.472 e. The van der Waals surface area contributed by atoms with Gasteiger partial charge in [0.25, 0.3) is 5.91 Å². The van der Waals surface area contributed by atoms with Gasteiger partial charge in [-0.15, -0.1) is 0 Å². The highest BCUT2D eigenvalue weighted by Crippen LogP contribution is 2.41. The van der Waals surface area contributed by atoms with Crippen LogP contribution >= 0.6 is 11.3 Å². The molecule has 1 spiro atoms. The third-order valence-electron chi connectivity index (χ3n) is 5.16. The van der Waals surface area contributed by atoms with Gasteiger partial charge >= 0.3 is 0 Å². The van der Waals surface area contributed by atoms with Gasteiger partial charge in [0, 0.05) is 42.7 Å². The molecule has 2 saturated heterocycles. The lowest BCUT2D eigenvalue weighted by Crippen LogP contribution is -2.65. The SMILES string of the molecule is O=C(c1ccsc1)N1CCC12CCN(Cc1ccoc1)CC2. The van der Waals surface area contributed by atoms with Crippen LogP contribution in [0, 0.1) is 0 Å². The summed E-state index contributed by atoms with van der Waals surface area (Å²) in [7, 11) is 0. The molecule has 4 rings (SSSR count). The molecule has 116 valence electrons. The lowest BCUT2D eigenvalue weighted by Gasteiger charge is -2.56. The van der Waals surface area contributed by atoms with Crippen molar-refractivity contribution in [3.05, 3.63) is 46.5 Å². The molecule has 2 fully saturated rings. The lowest BCUT2D eigenvalue weighted by molar-refractivity contribution is -0.0397. The van der Waals surface area contributed by atoms with Gasteiger partial charge < -0.3 is 9.32 Å². The Hall–Kier alpha value is -1.59. The van der Waals surface area contributed by atoms with E-state index >= 15 is 0 Å². The van der Waals surface area contributed by atoms with Crippen molar-refractivity contribution in [2.45, 2.75) is 31.3 Å². The average molecular weight is 316 g/mol. The van der Waals surface area contributed by atoms with Crippen molar-refractivity contribution in [3.63, 3.8) is 0 Å². The molecule has 1 amide bonds. The molecule has 0 radical (unpaired) electrons. The molecule has 4 heterocycles. The maximum atomic E-state index is 12.6. The van der Waals surface area contributed by atoms with Crippen LogP contribution < -0.4 is 0 Å². The zero-order valence-corrected chi connectivity index (χ0v) is 13.3. The molecule has 2 aromatic heterocycles. The Balaban J connectivity index is 1.39. The summed E-state index contributed by atoms with van der Waals surface area (Å²) in [6.07, 6.45) is 6.87. The molecule has 0 bridgehead atoms. The largest absolute Gasteiger partial charge is 0.472 e. The van der Waals surface area contributed by atoms with Gasteiger partial charge in [-0.2, -0.15) is 11.3 Å². The van der Waals surface area contributed by atoms with Crippen molar-refractivity contribution in [1.29, 1.82) is 0 Å². The van der Waals surface area contributed by atoms with Crippen molar-refractivity contribution in [3.8, 4) is 0 Å². The first-order valence-electron chi connectivity index (χ1n) is 7.84. The lowest BCUT2D eigenvalue weighted by atomic mass is 9.76. The number of nitrogens with zero attached hydrogens (tertiary/aromatic N) is 2. The second-order valence-electron chi connectivity index (χ2n) is 6.35. The summed E-state index contributed by atoms with van der Waals surface area (Å²) in [5.74, 6) is 0.218. The highest BCUT2D eigenvalue weighted by molar-refractivity contribution is 7.08. The third kappa shape index (κ3) is 2.38. The van der Waals surface area contributed by atoms with E-state index in [1.165, 1.54) is 5.56 Å². The van der Waals surface area contributed by atoms with Gasteiger partial charge in [0.15, 0.2) is 0 Å². The fraction of sp³-hybridized carbons (Fsp3) is 0.471. The first kappa shape index (κ1) is 14.0. The number of carbonyl (C=O) groups excluding carboxylic acids is 1. The van der Waals surface area contributed by atoms with Crippen LogP contribution in [-0.4, -0.2) is 40.9 Å². The van der Waals surface area contributed by atoms with E-state index in [9.17, 15) is 4.79 Å². The number of hydrogen-bond acceptors (Lipinski definition) is 4. The zero-order chi connectivity index (χ0) is 15.0. The number of amides is 1. The van der Waals surface area contributed by atoms with Gasteiger partial charge in [-0.3, -0.25) is 9.69 Å². The standard InChI is InChI=1S/C17H20N2O2S/c20-16(15-2-10-22-13-15)19-8-5-17(19)3-6-18(7-4-17)11-14-1-9-21-12-14/h1-2,9-10,12-13H,3-8,11H2. The van der Waals surface area contributed by atoms with Crippen LogP contribution in [0.15, 0.2) is 39.8 Å². The number of likely N-dealkylation sites (tertiary alicyclic amines) is 2. The first-order chi connectivity index (χ1) is 10.8. The molecule has 4 nitrogen and oxygen atoms in total. The molecule has 0 N–H and O–H groups in total. The summed E-state index contributed by atoms with van der Waals surface area (Å²) in [6, 6.07) is 3.97. The highest BCUT2D eigenvalue weighted by Gasteiger charge is 2.48. The summed E-state index contributed by atoms with van der Waals surface area (Å²) < 4.78 is 5.14. The summed E-state index contributed by atoms with van der Waals surface area (Å²) in [4.78, 5) is 17.2. The highest BCUT2D eigenvalue weighted by atomic mass is 32.1. The first-order valence-corrected chi connectivity index (χ1v) is 8.79. The molecule has 0 atom stereocenters. The second kappa shape index (κ2) is 5.56. The Morgan fingerprint density at radius 3 is 2.64 bits per heavy atom. The number of rotatable bonds is 3. The summed E-state index contributed by atoms with van der Waals surface area (Å²) in [6.45, 7) is 3.97. The molecule has 0 aliphatic carbocycles. The predicted molar refractivity (Wildman–Crippen MR) is 85.9 cm³/mol. The molecule has 0 unspecified atom stereocenters. The van der Waals surface area contributed by atoms with Crippen LogP contribution in [0.1, 0.15) is 35.2 Å². The van der Waals surface area contributed by atoms with Crippen LogP contribution in [0.3, 0.4) is 0 Å². The Morgan fingerprint density at radius 1 is 1.23 bits per heavy atom. The summed E-state index contributed by atoms with van der Waals surface area (Å²) in [5.41, 5.74) is 2.20. The van der Waals surface area contributed by atoms with Crippen LogP contribution in [0.4, 0.5) is 0 Å². The van der Waals surface area contributed by atoms with E-state index in [-0.39, 0.29) is 11.4 Å². The normalized spacial score (nSPS) is 21.0. The predicted octanol–water partition coefficient (Wildman–Crippen LogP) is 3.22. The smallest absolute Gasteiger partial charge is 0.255 e. The third-order valence-corrected chi connectivity index (χ3v) is 5.84. The maximum Gasteiger partial charge on any atom is 0.255 e. The van der Waals surface area contributed by atoms with Gasteiger partial charge in [-0.05, 0) is 36.8 Å². The number of piperidine rings is 1. The van der Waals surface area contributed by atoms with Crippen molar-refractivity contribution < 1.29 is 9.21 Å². The number of hydrogen-bond donors (Lipinski definition) is 0. The van der Waals surface area contributed by atoms with E-state index in [0.29, 0.717) is 0 Å². The van der Waals surface area contributed by atoms with Gasteiger partial charge in [-0.1, -0.05) is 0 Å². The van der Waals surface area contributed by atoms with E-state index in [2.05, 4.69) is 9.80 Å². The van der Waals surface area contributed by atoms with Gasteiger partial charge in [0.2, 0.25) is 0 Å². The average Bonchev–Trinajstić information content (AvgIpc) is 3.20. The maximum absolute atomic E-state index is 12.6. The Labute approximate surface area is 134 Å². The summed E-state index contributed by atoms with van der Waals surface area (Å²) >= 11 is 1.59. The minimum atomic E-state index is 0.117. The van der Waals surface area contributed by atoms with Crippen LogP contribution in [-0.2, 0) is 6.54 Å². The Bertz CT molecular complexity index is 628. The van der Waals surface area contributed by atoms with Crippen molar-refractivity contribution in [2.75, 3.05) is 19.6 Å². The minimum absolute atomic E-state index is 0.117. The molecule has 2 aliphatic rings. The van der Waals surface area contributed by atoms with Gasteiger partial charge in [-0.25, -0.2) is 0 Å². The van der Waals surface area contributed by atoms with Crippen LogP contribution in [0.25, 0.3) is 0 Å². The molecule has 0 saturated carbocycles. The second-order valence-corrected chi connectivity index (χ2v) is 7.13. The Kier molecular flexibility index (Phi) is 3.54. The van der Waals surface area contributed by atoms with Gasteiger partial charge in [0.1, 0.15) is 0 Å². The number of thiophene rings is 1. The van der Waals surface area contributed by atoms with E-state index in [0.717, 1.165) is 51.0 Å². The fourth-order valence-corrected chi connectivity index (χ4v) is 4.32. The molecule has 5 heteroatoms. The molecule has 2 aliphatic heterocycles. The van der Waals surface area contributed by atoms with E-state index < -0.39 is 0 Å². The molecular formula is C17H20N2O2S. The molecular weight excluding hydrogens is 296 g/mol.